The normalized spacial score (nSPS) is 13.5. The summed E-state index contributed by atoms with van der Waals surface area (Å²) in [5.41, 5.74) is 6.11. The summed E-state index contributed by atoms with van der Waals surface area (Å²) in [6.07, 6.45) is -0.597. The third-order valence-electron chi connectivity index (χ3n) is 4.63. The number of hydrogen-bond acceptors (Lipinski definition) is 6. The van der Waals surface area contributed by atoms with Crippen LogP contribution in [0.2, 0.25) is 0 Å². The van der Waals surface area contributed by atoms with Gasteiger partial charge in [0.05, 0.1) is 6.54 Å². The molecular weight excluding hydrogens is 420 g/mol. The first kappa shape index (κ1) is 26.6. The van der Waals surface area contributed by atoms with E-state index in [1.807, 2.05) is 0 Å². The van der Waals surface area contributed by atoms with Crippen molar-refractivity contribution in [1.29, 1.82) is 0 Å². The lowest BCUT2D eigenvalue weighted by Crippen LogP contribution is -2.58. The minimum atomic E-state index is -1.42. The van der Waals surface area contributed by atoms with Crippen LogP contribution in [0.5, 0.6) is 0 Å². The molecule has 0 aliphatic rings. The molecule has 1 aromatic carbocycles. The molecule has 176 valence electrons. The van der Waals surface area contributed by atoms with Crippen LogP contribution in [-0.2, 0) is 30.4 Å². The zero-order valence-electron chi connectivity index (χ0n) is 18.0. The molecule has 0 spiro atoms. The molecule has 1 aromatic rings. The number of nitrogens with two attached hydrogens (primary N) is 1. The van der Waals surface area contributed by atoms with E-state index in [2.05, 4.69) is 16.0 Å². The van der Waals surface area contributed by atoms with Crippen LogP contribution in [0.3, 0.4) is 0 Å². The molecule has 1 rings (SSSR count). The number of rotatable bonds is 13. The maximum atomic E-state index is 12.9. The van der Waals surface area contributed by atoms with E-state index in [4.69, 9.17) is 10.8 Å². The highest BCUT2D eigenvalue weighted by Gasteiger charge is 2.31. The van der Waals surface area contributed by atoms with Gasteiger partial charge in [0.15, 0.2) is 0 Å². The smallest absolute Gasteiger partial charge is 0.326 e. The van der Waals surface area contributed by atoms with Gasteiger partial charge in [0.1, 0.15) is 18.1 Å². The molecule has 0 bridgehead atoms. The van der Waals surface area contributed by atoms with Crippen molar-refractivity contribution in [3.63, 3.8) is 0 Å². The molecule has 32 heavy (non-hydrogen) atoms. The van der Waals surface area contributed by atoms with Gasteiger partial charge in [0.2, 0.25) is 17.7 Å². The van der Waals surface area contributed by atoms with E-state index in [1.54, 1.807) is 44.2 Å². The van der Waals surface area contributed by atoms with Crippen molar-refractivity contribution in [3.8, 4) is 0 Å². The van der Waals surface area contributed by atoms with E-state index in [9.17, 15) is 29.1 Å². The molecule has 0 saturated heterocycles. The summed E-state index contributed by atoms with van der Waals surface area (Å²) in [6.45, 7) is 2.99. The van der Waals surface area contributed by atoms with Gasteiger partial charge in [-0.3, -0.25) is 19.2 Å². The van der Waals surface area contributed by atoms with Crippen LogP contribution in [-0.4, -0.2) is 64.5 Å². The lowest BCUT2D eigenvalue weighted by Gasteiger charge is -2.26. The standard InChI is InChI=1S/C21H30N4O7/c1-12(2)18(20(30)24-14(21(31)32)8-9-17(27)28)25-19(29)15(23-16(26)11-22)10-13-6-4-3-5-7-13/h3-7,12,14-15,18H,8-11,22H2,1-2H3,(H,23,26)(H,24,30)(H,25,29)(H,27,28)(H,31,32). The summed E-state index contributed by atoms with van der Waals surface area (Å²) >= 11 is 0. The fourth-order valence-corrected chi connectivity index (χ4v) is 2.89. The average Bonchev–Trinajstić information content (AvgIpc) is 2.74. The zero-order valence-corrected chi connectivity index (χ0v) is 18.0. The van der Waals surface area contributed by atoms with Gasteiger partial charge >= 0.3 is 11.9 Å². The molecule has 0 aliphatic heterocycles. The van der Waals surface area contributed by atoms with Crippen molar-refractivity contribution >= 4 is 29.7 Å². The second-order valence-corrected chi connectivity index (χ2v) is 7.58. The monoisotopic (exact) mass is 450 g/mol. The summed E-state index contributed by atoms with van der Waals surface area (Å²) < 4.78 is 0. The Kier molecular flexibility index (Phi) is 10.8. The van der Waals surface area contributed by atoms with Crippen molar-refractivity contribution < 1.29 is 34.2 Å². The molecule has 7 N–H and O–H groups in total. The van der Waals surface area contributed by atoms with Gasteiger partial charge in [0, 0.05) is 12.8 Å². The fraction of sp³-hybridized carbons (Fsp3) is 0.476. The second kappa shape index (κ2) is 13.1. The van der Waals surface area contributed by atoms with Crippen molar-refractivity contribution in [2.75, 3.05) is 6.54 Å². The van der Waals surface area contributed by atoms with E-state index < -0.39 is 60.1 Å². The minimum Gasteiger partial charge on any atom is -0.481 e. The van der Waals surface area contributed by atoms with Crippen molar-refractivity contribution in [2.45, 2.75) is 51.2 Å². The van der Waals surface area contributed by atoms with Gasteiger partial charge in [-0.05, 0) is 17.9 Å². The minimum absolute atomic E-state index is 0.154. The summed E-state index contributed by atoms with van der Waals surface area (Å²) in [5, 5.41) is 25.4. The number of amides is 3. The predicted octanol–water partition coefficient (Wildman–Crippen LogP) is -0.752. The first-order valence-electron chi connectivity index (χ1n) is 10.1. The molecule has 0 saturated carbocycles. The molecule has 0 fully saturated rings. The lowest BCUT2D eigenvalue weighted by atomic mass is 10.00. The Morgan fingerprint density at radius 3 is 2.03 bits per heavy atom. The highest BCUT2D eigenvalue weighted by Crippen LogP contribution is 2.08. The Morgan fingerprint density at radius 1 is 0.906 bits per heavy atom. The largest absolute Gasteiger partial charge is 0.481 e. The summed E-state index contributed by atoms with van der Waals surface area (Å²) in [6, 6.07) is 5.38. The second-order valence-electron chi connectivity index (χ2n) is 7.58. The fourth-order valence-electron chi connectivity index (χ4n) is 2.89. The topological polar surface area (TPSA) is 188 Å². The highest BCUT2D eigenvalue weighted by molar-refractivity contribution is 5.94. The Balaban J connectivity index is 2.96. The van der Waals surface area contributed by atoms with Crippen LogP contribution >= 0.6 is 0 Å². The molecule has 0 aliphatic carbocycles. The number of nitrogens with one attached hydrogen (secondary N) is 3. The van der Waals surface area contributed by atoms with Crippen LogP contribution in [0.15, 0.2) is 30.3 Å². The molecule has 3 atom stereocenters. The third-order valence-corrected chi connectivity index (χ3v) is 4.63. The van der Waals surface area contributed by atoms with Crippen molar-refractivity contribution in [2.24, 2.45) is 11.7 Å². The Bertz CT molecular complexity index is 814. The first-order valence-corrected chi connectivity index (χ1v) is 10.1. The quantitative estimate of drug-likeness (QED) is 0.226. The Hall–Kier alpha value is -3.47. The van der Waals surface area contributed by atoms with Gasteiger partial charge in [-0.2, -0.15) is 0 Å². The molecule has 3 amide bonds. The predicted molar refractivity (Wildman–Crippen MR) is 114 cm³/mol. The molecule has 11 heteroatoms. The molecule has 0 radical (unpaired) electrons. The van der Waals surface area contributed by atoms with Crippen LogP contribution in [0.1, 0.15) is 32.3 Å². The molecule has 11 nitrogen and oxygen atoms in total. The maximum Gasteiger partial charge on any atom is 0.326 e. The number of carboxylic acid groups (broad SMARTS) is 2. The number of carbonyl (C=O) groups is 5. The first-order chi connectivity index (χ1) is 15.0. The van der Waals surface area contributed by atoms with E-state index in [0.717, 1.165) is 5.56 Å². The van der Waals surface area contributed by atoms with E-state index in [1.165, 1.54) is 0 Å². The number of aliphatic carboxylic acids is 2. The molecule has 0 heterocycles. The van der Waals surface area contributed by atoms with Gasteiger partial charge < -0.3 is 31.9 Å². The Labute approximate surface area is 185 Å². The van der Waals surface area contributed by atoms with Crippen LogP contribution in [0.4, 0.5) is 0 Å². The summed E-state index contributed by atoms with van der Waals surface area (Å²) in [4.78, 5) is 59.5. The number of carbonyl (C=O) groups excluding carboxylic acids is 3. The van der Waals surface area contributed by atoms with Crippen LogP contribution < -0.4 is 21.7 Å². The van der Waals surface area contributed by atoms with E-state index in [0.29, 0.717) is 0 Å². The van der Waals surface area contributed by atoms with Gasteiger partial charge in [0.25, 0.3) is 0 Å². The van der Waals surface area contributed by atoms with Crippen LogP contribution in [0, 0.1) is 5.92 Å². The van der Waals surface area contributed by atoms with Gasteiger partial charge in [-0.15, -0.1) is 0 Å². The van der Waals surface area contributed by atoms with Crippen LogP contribution in [0.25, 0.3) is 0 Å². The summed E-state index contributed by atoms with van der Waals surface area (Å²) in [5.74, 6) is -4.96. The third kappa shape index (κ3) is 9.13. The summed E-state index contributed by atoms with van der Waals surface area (Å²) in [7, 11) is 0. The number of benzene rings is 1. The molecule has 0 aromatic heterocycles. The number of hydrogen-bond donors (Lipinski definition) is 6. The van der Waals surface area contributed by atoms with E-state index in [-0.39, 0.29) is 19.4 Å². The lowest BCUT2D eigenvalue weighted by molar-refractivity contribution is -0.143. The number of carboxylic acids is 2. The zero-order chi connectivity index (χ0) is 24.3. The maximum absolute atomic E-state index is 12.9. The van der Waals surface area contributed by atoms with Gasteiger partial charge in [-0.1, -0.05) is 44.2 Å². The van der Waals surface area contributed by atoms with Crippen molar-refractivity contribution in [3.05, 3.63) is 35.9 Å². The van der Waals surface area contributed by atoms with E-state index >= 15 is 0 Å². The highest BCUT2D eigenvalue weighted by atomic mass is 16.4. The van der Waals surface area contributed by atoms with Gasteiger partial charge in [-0.25, -0.2) is 4.79 Å². The SMILES string of the molecule is CC(C)C(NC(=O)C(Cc1ccccc1)NC(=O)CN)C(=O)NC(CCC(=O)O)C(=O)O. The molecular formula is C21H30N4O7. The Morgan fingerprint density at radius 2 is 1.53 bits per heavy atom. The molecule has 3 unspecified atom stereocenters. The average molecular weight is 450 g/mol. The van der Waals surface area contributed by atoms with Crippen molar-refractivity contribution in [1.82, 2.24) is 16.0 Å².